The van der Waals surface area contributed by atoms with Crippen LogP contribution < -0.4 is 0 Å². The summed E-state index contributed by atoms with van der Waals surface area (Å²) in [6.07, 6.45) is 1.03. The summed E-state index contributed by atoms with van der Waals surface area (Å²) in [6, 6.07) is 0. The maximum Gasteiger partial charge on any atom is 0.358 e. The molecule has 0 aliphatic carbocycles. The summed E-state index contributed by atoms with van der Waals surface area (Å²) in [7, 11) is 0. The van der Waals surface area contributed by atoms with Crippen LogP contribution in [0.5, 0.6) is 0 Å². The Hall–Kier alpha value is -2.25. The van der Waals surface area contributed by atoms with E-state index in [1.807, 2.05) is 20.8 Å². The molecule has 0 atom stereocenters. The van der Waals surface area contributed by atoms with Crippen molar-refractivity contribution in [2.24, 2.45) is 0 Å². The Morgan fingerprint density at radius 3 is 2.48 bits per heavy atom. The van der Waals surface area contributed by atoms with Crippen LogP contribution in [0.15, 0.2) is 0 Å². The van der Waals surface area contributed by atoms with Gasteiger partial charge in [0.1, 0.15) is 6.54 Å². The normalized spacial score (nSPS) is 15.6. The first-order valence-corrected chi connectivity index (χ1v) is 6.72. The van der Waals surface area contributed by atoms with Gasteiger partial charge in [-0.1, -0.05) is 26.0 Å². The lowest BCUT2D eigenvalue weighted by atomic mass is 9.90. The summed E-state index contributed by atoms with van der Waals surface area (Å²) < 4.78 is 1.28. The summed E-state index contributed by atoms with van der Waals surface area (Å²) >= 11 is 0. The predicted octanol–water partition coefficient (Wildman–Crippen LogP) is 0.423. The van der Waals surface area contributed by atoms with E-state index >= 15 is 0 Å². The zero-order valence-corrected chi connectivity index (χ0v) is 12.3. The Morgan fingerprint density at radius 2 is 2.00 bits per heavy atom. The lowest BCUT2D eigenvalue weighted by molar-refractivity contribution is -0.142. The standard InChI is InChI=1S/C13H18N4O4/c1-13(2,3)11-10(12(20)21)14-15-17(11)7-9(19)16-6-4-5-8(16)18/h4-7H2,1-3H3,(H,20,21). The zero-order valence-electron chi connectivity index (χ0n) is 12.3. The summed E-state index contributed by atoms with van der Waals surface area (Å²) in [5, 5.41) is 16.6. The second-order valence-corrected chi connectivity index (χ2v) is 6.04. The average Bonchev–Trinajstić information content (AvgIpc) is 2.94. The third kappa shape index (κ3) is 2.93. The van der Waals surface area contributed by atoms with Gasteiger partial charge in [0.25, 0.3) is 5.91 Å². The van der Waals surface area contributed by atoms with Crippen LogP contribution in [0.25, 0.3) is 0 Å². The zero-order chi connectivity index (χ0) is 15.8. The molecule has 1 saturated heterocycles. The topological polar surface area (TPSA) is 105 Å². The molecular weight excluding hydrogens is 276 g/mol. The number of amides is 2. The molecule has 114 valence electrons. The first-order chi connectivity index (χ1) is 9.71. The van der Waals surface area contributed by atoms with Gasteiger partial charge in [0, 0.05) is 18.4 Å². The number of carboxylic acid groups (broad SMARTS) is 1. The number of hydrogen-bond acceptors (Lipinski definition) is 5. The van der Waals surface area contributed by atoms with E-state index in [0.29, 0.717) is 25.1 Å². The number of aromatic carboxylic acids is 1. The largest absolute Gasteiger partial charge is 0.476 e. The highest BCUT2D eigenvalue weighted by Gasteiger charge is 2.32. The van der Waals surface area contributed by atoms with Crippen LogP contribution in [-0.2, 0) is 21.5 Å². The van der Waals surface area contributed by atoms with Crippen molar-refractivity contribution < 1.29 is 19.5 Å². The molecule has 0 bridgehead atoms. The molecule has 0 unspecified atom stereocenters. The summed E-state index contributed by atoms with van der Waals surface area (Å²) in [5.74, 6) is -1.77. The molecule has 0 aromatic carbocycles. The van der Waals surface area contributed by atoms with Crippen molar-refractivity contribution in [1.82, 2.24) is 19.9 Å². The van der Waals surface area contributed by atoms with E-state index in [1.165, 1.54) is 9.58 Å². The fraction of sp³-hybridized carbons (Fsp3) is 0.615. The van der Waals surface area contributed by atoms with Crippen LogP contribution in [0.1, 0.15) is 49.8 Å². The first kappa shape index (κ1) is 15.1. The highest BCUT2D eigenvalue weighted by atomic mass is 16.4. The molecule has 2 amide bonds. The number of carbonyl (C=O) groups is 3. The van der Waals surface area contributed by atoms with E-state index in [4.69, 9.17) is 5.11 Å². The van der Waals surface area contributed by atoms with Crippen LogP contribution >= 0.6 is 0 Å². The maximum atomic E-state index is 12.2. The number of hydrogen-bond donors (Lipinski definition) is 1. The van der Waals surface area contributed by atoms with Crippen molar-refractivity contribution in [3.05, 3.63) is 11.4 Å². The molecule has 8 heteroatoms. The molecule has 8 nitrogen and oxygen atoms in total. The Bertz CT molecular complexity index is 600. The van der Waals surface area contributed by atoms with Gasteiger partial charge in [0.2, 0.25) is 5.91 Å². The maximum absolute atomic E-state index is 12.2. The van der Waals surface area contributed by atoms with Gasteiger partial charge in [-0.25, -0.2) is 9.48 Å². The van der Waals surface area contributed by atoms with E-state index in [9.17, 15) is 14.4 Å². The Morgan fingerprint density at radius 1 is 1.33 bits per heavy atom. The summed E-state index contributed by atoms with van der Waals surface area (Å²) in [5.41, 5.74) is -0.329. The smallest absolute Gasteiger partial charge is 0.358 e. The molecule has 1 N–H and O–H groups in total. The highest BCUT2D eigenvalue weighted by Crippen LogP contribution is 2.25. The van der Waals surface area contributed by atoms with Crippen LogP contribution in [0, 0.1) is 0 Å². The number of nitrogens with zero attached hydrogens (tertiary/aromatic N) is 4. The molecule has 0 spiro atoms. The molecule has 2 rings (SSSR count). The average molecular weight is 294 g/mol. The second-order valence-electron chi connectivity index (χ2n) is 6.04. The molecule has 1 aliphatic rings. The predicted molar refractivity (Wildman–Crippen MR) is 71.6 cm³/mol. The van der Waals surface area contributed by atoms with Crippen LogP contribution in [0.4, 0.5) is 0 Å². The Balaban J connectivity index is 2.30. The number of carboxylic acids is 1. The molecule has 0 saturated carbocycles. The molecule has 1 aliphatic heterocycles. The SMILES string of the molecule is CC(C)(C)c1c(C(=O)O)nnn1CC(=O)N1CCCC1=O. The monoisotopic (exact) mass is 294 g/mol. The Labute approximate surface area is 121 Å². The molecular formula is C13H18N4O4. The van der Waals surface area contributed by atoms with E-state index in [-0.39, 0.29) is 24.1 Å². The number of likely N-dealkylation sites (tertiary alicyclic amines) is 1. The minimum Gasteiger partial charge on any atom is -0.476 e. The van der Waals surface area contributed by atoms with Gasteiger partial charge in [0.05, 0.1) is 5.69 Å². The van der Waals surface area contributed by atoms with Gasteiger partial charge in [-0.15, -0.1) is 5.10 Å². The van der Waals surface area contributed by atoms with Gasteiger partial charge >= 0.3 is 5.97 Å². The van der Waals surface area contributed by atoms with Crippen molar-refractivity contribution >= 4 is 17.8 Å². The van der Waals surface area contributed by atoms with E-state index in [2.05, 4.69) is 10.3 Å². The second kappa shape index (κ2) is 5.27. The number of aromatic nitrogens is 3. The molecule has 2 heterocycles. The molecule has 1 aromatic heterocycles. The van der Waals surface area contributed by atoms with Gasteiger partial charge in [-0.3, -0.25) is 14.5 Å². The van der Waals surface area contributed by atoms with Crippen LogP contribution in [-0.4, -0.2) is 49.3 Å². The number of rotatable bonds is 3. The Kier molecular flexibility index (Phi) is 3.80. The highest BCUT2D eigenvalue weighted by molar-refractivity contribution is 5.96. The third-order valence-electron chi connectivity index (χ3n) is 3.31. The van der Waals surface area contributed by atoms with Crippen molar-refractivity contribution in [3.8, 4) is 0 Å². The number of carbonyl (C=O) groups excluding carboxylic acids is 2. The van der Waals surface area contributed by atoms with Crippen LogP contribution in [0.3, 0.4) is 0 Å². The van der Waals surface area contributed by atoms with Gasteiger partial charge in [-0.2, -0.15) is 0 Å². The van der Waals surface area contributed by atoms with Crippen molar-refractivity contribution in [1.29, 1.82) is 0 Å². The van der Waals surface area contributed by atoms with Crippen molar-refractivity contribution in [3.63, 3.8) is 0 Å². The fourth-order valence-corrected chi connectivity index (χ4v) is 2.44. The minimum absolute atomic E-state index is 0.164. The van der Waals surface area contributed by atoms with Gasteiger partial charge < -0.3 is 5.11 Å². The molecule has 0 radical (unpaired) electrons. The lowest BCUT2D eigenvalue weighted by Gasteiger charge is -2.21. The summed E-state index contributed by atoms with van der Waals surface area (Å²) in [6.45, 7) is 5.68. The van der Waals surface area contributed by atoms with Gasteiger partial charge in [0.15, 0.2) is 5.69 Å². The van der Waals surface area contributed by atoms with E-state index in [1.54, 1.807) is 0 Å². The fourth-order valence-electron chi connectivity index (χ4n) is 2.44. The van der Waals surface area contributed by atoms with E-state index in [0.717, 1.165) is 0 Å². The number of imide groups is 1. The van der Waals surface area contributed by atoms with Gasteiger partial charge in [-0.05, 0) is 6.42 Å². The molecule has 21 heavy (non-hydrogen) atoms. The first-order valence-electron chi connectivity index (χ1n) is 6.72. The quantitative estimate of drug-likeness (QED) is 0.866. The van der Waals surface area contributed by atoms with Crippen molar-refractivity contribution in [2.45, 2.75) is 45.6 Å². The van der Waals surface area contributed by atoms with Crippen molar-refractivity contribution in [2.75, 3.05) is 6.54 Å². The van der Waals surface area contributed by atoms with E-state index < -0.39 is 11.4 Å². The lowest BCUT2D eigenvalue weighted by Crippen LogP contribution is -2.36. The minimum atomic E-state index is -1.18. The summed E-state index contributed by atoms with van der Waals surface area (Å²) in [4.78, 5) is 36.1. The molecule has 1 fully saturated rings. The van der Waals surface area contributed by atoms with Crippen LogP contribution in [0.2, 0.25) is 0 Å². The third-order valence-corrected chi connectivity index (χ3v) is 3.31. The molecule has 1 aromatic rings.